The number of nitrogens with one attached hydrogen (secondary N) is 2. The standard InChI is InChI=1S/C18H33ClFN2O8PS/c1-4-5-18(20)6-7-21-10(8-18)16(25)22-11(9(2)19)14-12(23)13(24)15(17(29-14)32-3)30-31(26,27)28/h9-15,17,21,23-24H,4-8H2,1-3H3,(H,22,25)(H2,26,27,28)/t9?,10?,11?,12-,13+,14-,15-,17-,18?/m1/s1. The molecule has 0 aromatic carbocycles. The molecule has 32 heavy (non-hydrogen) atoms. The molecule has 10 nitrogen and oxygen atoms in total. The lowest BCUT2D eigenvalue weighted by Crippen LogP contribution is -2.66. The van der Waals surface area contributed by atoms with Gasteiger partial charge in [-0.2, -0.15) is 0 Å². The fourth-order valence-corrected chi connectivity index (χ4v) is 5.78. The largest absolute Gasteiger partial charge is 0.470 e. The number of amides is 1. The highest BCUT2D eigenvalue weighted by atomic mass is 35.5. The number of phosphoric acid groups is 1. The second kappa shape index (κ2) is 11.6. The second-order valence-electron chi connectivity index (χ2n) is 8.32. The van der Waals surface area contributed by atoms with Crippen molar-refractivity contribution in [2.24, 2.45) is 0 Å². The average Bonchev–Trinajstić information content (AvgIpc) is 2.69. The first-order valence-electron chi connectivity index (χ1n) is 10.5. The lowest BCUT2D eigenvalue weighted by atomic mass is 9.85. The van der Waals surface area contributed by atoms with Gasteiger partial charge in [0.1, 0.15) is 35.5 Å². The van der Waals surface area contributed by atoms with Crippen molar-refractivity contribution in [3.8, 4) is 0 Å². The summed E-state index contributed by atoms with van der Waals surface area (Å²) in [6, 6.07) is -1.78. The van der Waals surface area contributed by atoms with E-state index < -0.39 is 66.7 Å². The van der Waals surface area contributed by atoms with Gasteiger partial charge in [0.15, 0.2) is 0 Å². The van der Waals surface area contributed by atoms with E-state index in [-0.39, 0.29) is 6.42 Å². The van der Waals surface area contributed by atoms with E-state index in [4.69, 9.17) is 26.1 Å². The summed E-state index contributed by atoms with van der Waals surface area (Å²) in [7, 11) is -4.97. The summed E-state index contributed by atoms with van der Waals surface area (Å²) < 4.78 is 36.6. The summed E-state index contributed by atoms with van der Waals surface area (Å²) in [6.07, 6.45) is -3.22. The van der Waals surface area contributed by atoms with Gasteiger partial charge in [-0.25, -0.2) is 8.96 Å². The summed E-state index contributed by atoms with van der Waals surface area (Å²) in [6.45, 7) is 3.78. The number of hydrogen-bond acceptors (Lipinski definition) is 8. The Bertz CT molecular complexity index is 685. The Morgan fingerprint density at radius 1 is 1.44 bits per heavy atom. The predicted octanol–water partition coefficient (Wildman–Crippen LogP) is 0.646. The molecule has 0 aliphatic carbocycles. The van der Waals surface area contributed by atoms with Gasteiger partial charge in [0, 0.05) is 6.42 Å². The van der Waals surface area contributed by atoms with Crippen LogP contribution in [0.25, 0.3) is 0 Å². The van der Waals surface area contributed by atoms with E-state index in [1.165, 1.54) is 0 Å². The molecular formula is C18H33ClFN2O8PS. The molecule has 2 aliphatic rings. The number of aliphatic hydroxyl groups is 2. The monoisotopic (exact) mass is 522 g/mol. The van der Waals surface area contributed by atoms with E-state index in [9.17, 15) is 24.0 Å². The van der Waals surface area contributed by atoms with Gasteiger partial charge in [-0.05, 0) is 32.6 Å². The maximum atomic E-state index is 15.0. The molecule has 9 atom stereocenters. The van der Waals surface area contributed by atoms with Crippen LogP contribution in [0, 0.1) is 0 Å². The van der Waals surface area contributed by atoms with E-state index in [1.54, 1.807) is 13.2 Å². The van der Waals surface area contributed by atoms with Crippen molar-refractivity contribution in [1.29, 1.82) is 0 Å². The number of ether oxygens (including phenoxy) is 1. The van der Waals surface area contributed by atoms with E-state index in [0.717, 1.165) is 11.8 Å². The molecule has 2 aliphatic heterocycles. The van der Waals surface area contributed by atoms with Gasteiger partial charge in [0.2, 0.25) is 5.91 Å². The van der Waals surface area contributed by atoms with Crippen LogP contribution in [-0.2, 0) is 18.6 Å². The number of thioether (sulfide) groups is 1. The molecule has 2 fully saturated rings. The van der Waals surface area contributed by atoms with Crippen molar-refractivity contribution in [1.82, 2.24) is 10.6 Å². The van der Waals surface area contributed by atoms with Gasteiger partial charge in [-0.15, -0.1) is 23.4 Å². The van der Waals surface area contributed by atoms with Gasteiger partial charge >= 0.3 is 7.82 Å². The number of carbonyl (C=O) groups is 1. The van der Waals surface area contributed by atoms with Crippen LogP contribution in [0.3, 0.4) is 0 Å². The Balaban J connectivity index is 2.16. The van der Waals surface area contributed by atoms with Crippen LogP contribution in [0.4, 0.5) is 4.39 Å². The molecule has 14 heteroatoms. The van der Waals surface area contributed by atoms with Crippen LogP contribution in [0.5, 0.6) is 0 Å². The molecule has 2 rings (SSSR count). The summed E-state index contributed by atoms with van der Waals surface area (Å²) in [4.78, 5) is 31.1. The highest BCUT2D eigenvalue weighted by Crippen LogP contribution is 2.43. The van der Waals surface area contributed by atoms with E-state index in [2.05, 4.69) is 15.2 Å². The SMILES string of the molecule is CCCC1(F)CCNC(C(=O)NC(C(C)Cl)[C@H]2O[C@H](SC)[C@H](OP(=O)(O)O)[C@@H](O)[C@H]2O)C1. The lowest BCUT2D eigenvalue weighted by molar-refractivity contribution is -0.201. The second-order valence-corrected chi connectivity index (χ2v) is 11.1. The molecule has 2 heterocycles. The maximum absolute atomic E-state index is 15.0. The predicted molar refractivity (Wildman–Crippen MR) is 118 cm³/mol. The van der Waals surface area contributed by atoms with Crippen LogP contribution < -0.4 is 10.6 Å². The molecule has 0 spiro atoms. The molecule has 0 saturated carbocycles. The molecule has 6 N–H and O–H groups in total. The molecule has 0 aromatic heterocycles. The third kappa shape index (κ3) is 7.24. The summed E-state index contributed by atoms with van der Waals surface area (Å²) in [5.41, 5.74) is -2.50. The quantitative estimate of drug-likeness (QED) is 0.187. The minimum Gasteiger partial charge on any atom is -0.388 e. The molecule has 0 bridgehead atoms. The van der Waals surface area contributed by atoms with Crippen molar-refractivity contribution < 1.29 is 43.0 Å². The Morgan fingerprint density at radius 2 is 2.09 bits per heavy atom. The molecule has 188 valence electrons. The summed E-state index contributed by atoms with van der Waals surface area (Å²) in [5.74, 6) is -0.514. The lowest BCUT2D eigenvalue weighted by Gasteiger charge is -2.45. The molecule has 4 unspecified atom stereocenters. The minimum absolute atomic E-state index is 0.00159. The third-order valence-electron chi connectivity index (χ3n) is 5.78. The number of hydrogen-bond donors (Lipinski definition) is 6. The van der Waals surface area contributed by atoms with E-state index >= 15 is 0 Å². The highest BCUT2D eigenvalue weighted by molar-refractivity contribution is 7.99. The first-order chi connectivity index (χ1) is 14.8. The number of carbonyl (C=O) groups excluding carboxylic acids is 1. The first kappa shape index (κ1) is 28.2. The molecule has 0 radical (unpaired) electrons. The summed E-state index contributed by atoms with van der Waals surface area (Å²) in [5, 5.41) is 26.0. The smallest absolute Gasteiger partial charge is 0.388 e. The number of aliphatic hydroxyl groups excluding tert-OH is 2. The zero-order valence-electron chi connectivity index (χ0n) is 18.2. The molecular weight excluding hydrogens is 490 g/mol. The Hall–Kier alpha value is -0.0100. The molecule has 2 saturated heterocycles. The fourth-order valence-electron chi connectivity index (χ4n) is 4.21. The Morgan fingerprint density at radius 3 is 2.62 bits per heavy atom. The first-order valence-corrected chi connectivity index (χ1v) is 13.7. The summed E-state index contributed by atoms with van der Waals surface area (Å²) >= 11 is 7.27. The average molecular weight is 523 g/mol. The Kier molecular flexibility index (Phi) is 10.2. The third-order valence-corrected chi connectivity index (χ3v) is 7.41. The zero-order chi connectivity index (χ0) is 24.3. The van der Waals surface area contributed by atoms with Crippen molar-refractivity contribution in [2.75, 3.05) is 12.8 Å². The van der Waals surface area contributed by atoms with Gasteiger partial charge in [0.05, 0.1) is 17.5 Å². The molecule has 0 aromatic rings. The number of phosphoric ester groups is 1. The van der Waals surface area contributed by atoms with Crippen LogP contribution >= 0.6 is 31.2 Å². The van der Waals surface area contributed by atoms with Crippen molar-refractivity contribution in [3.05, 3.63) is 0 Å². The van der Waals surface area contributed by atoms with Gasteiger partial charge in [0.25, 0.3) is 0 Å². The van der Waals surface area contributed by atoms with Crippen LogP contribution in [0.1, 0.15) is 39.5 Å². The fraction of sp³-hybridized carbons (Fsp3) is 0.944. The van der Waals surface area contributed by atoms with Gasteiger partial charge in [-0.1, -0.05) is 13.3 Å². The number of alkyl halides is 2. The maximum Gasteiger partial charge on any atom is 0.470 e. The highest BCUT2D eigenvalue weighted by Gasteiger charge is 2.51. The van der Waals surface area contributed by atoms with Crippen LogP contribution in [-0.4, -0.2) is 91.7 Å². The van der Waals surface area contributed by atoms with Gasteiger partial charge in [-0.3, -0.25) is 9.32 Å². The van der Waals surface area contributed by atoms with Crippen LogP contribution in [0.2, 0.25) is 0 Å². The molecule has 1 amide bonds. The van der Waals surface area contributed by atoms with Gasteiger partial charge < -0.3 is 35.4 Å². The number of rotatable bonds is 9. The number of halogens is 2. The van der Waals surface area contributed by atoms with Crippen molar-refractivity contribution >= 4 is 37.1 Å². The van der Waals surface area contributed by atoms with E-state index in [1.807, 2.05) is 6.92 Å². The topological polar surface area (TPSA) is 158 Å². The van der Waals surface area contributed by atoms with Crippen molar-refractivity contribution in [2.45, 2.75) is 92.5 Å². The van der Waals surface area contributed by atoms with E-state index in [0.29, 0.717) is 25.8 Å². The zero-order valence-corrected chi connectivity index (χ0v) is 20.7. The normalized spacial score (nSPS) is 38.2. The number of piperidine rings is 1. The Labute approximate surface area is 196 Å². The minimum atomic E-state index is -4.97. The van der Waals surface area contributed by atoms with Crippen LogP contribution in [0.15, 0.2) is 0 Å². The van der Waals surface area contributed by atoms with Crippen molar-refractivity contribution in [3.63, 3.8) is 0 Å².